The first-order valence-electron chi connectivity index (χ1n) is 4.61. The Labute approximate surface area is 98.1 Å². The molecule has 2 N–H and O–H groups in total. The molecule has 15 heavy (non-hydrogen) atoms. The second kappa shape index (κ2) is 5.77. The Kier molecular flexibility index (Phi) is 4.64. The molecule has 0 saturated heterocycles. The smallest absolute Gasteiger partial charge is 0.265 e. The maximum atomic E-state index is 11.9. The number of hydrogen-bond acceptors (Lipinski definition) is 4. The van der Waals surface area contributed by atoms with E-state index >= 15 is 0 Å². The Morgan fingerprint density at radius 2 is 2.47 bits per heavy atom. The largest absolute Gasteiger partial charge is 0.393 e. The molecular formula is C9H13N3OS2. The summed E-state index contributed by atoms with van der Waals surface area (Å²) >= 11 is 6.12. The van der Waals surface area contributed by atoms with E-state index < -0.39 is 0 Å². The van der Waals surface area contributed by atoms with Gasteiger partial charge in [0.1, 0.15) is 4.88 Å². The van der Waals surface area contributed by atoms with Gasteiger partial charge in [-0.2, -0.15) is 0 Å². The summed E-state index contributed by atoms with van der Waals surface area (Å²) in [5.74, 6) is -0.00347. The van der Waals surface area contributed by atoms with Gasteiger partial charge in [-0.15, -0.1) is 11.3 Å². The molecule has 0 bridgehead atoms. The van der Waals surface area contributed by atoms with Crippen LogP contribution in [-0.2, 0) is 0 Å². The number of carbonyl (C=O) groups excluding carboxylic acids is 1. The van der Waals surface area contributed by atoms with E-state index in [2.05, 4.69) is 4.98 Å². The molecule has 6 heteroatoms. The Morgan fingerprint density at radius 1 is 1.73 bits per heavy atom. The number of hydrogen-bond donors (Lipinski definition) is 1. The highest BCUT2D eigenvalue weighted by Gasteiger charge is 2.15. The lowest BCUT2D eigenvalue weighted by Gasteiger charge is -2.19. The van der Waals surface area contributed by atoms with Gasteiger partial charge < -0.3 is 10.6 Å². The van der Waals surface area contributed by atoms with Gasteiger partial charge in [0.05, 0.1) is 16.7 Å². The maximum absolute atomic E-state index is 11.9. The zero-order chi connectivity index (χ0) is 11.3. The van der Waals surface area contributed by atoms with Crippen LogP contribution in [0.15, 0.2) is 11.7 Å². The Morgan fingerprint density at radius 3 is 2.93 bits per heavy atom. The first-order valence-corrected chi connectivity index (χ1v) is 5.90. The van der Waals surface area contributed by atoms with Crippen LogP contribution in [0.25, 0.3) is 0 Å². The molecule has 0 saturated carbocycles. The van der Waals surface area contributed by atoms with Gasteiger partial charge in [-0.05, 0) is 6.92 Å². The number of carbonyl (C=O) groups is 1. The minimum Gasteiger partial charge on any atom is -0.393 e. The lowest BCUT2D eigenvalue weighted by Crippen LogP contribution is -2.33. The number of rotatable bonds is 5. The number of thiocarbonyl (C=S) groups is 1. The van der Waals surface area contributed by atoms with Crippen molar-refractivity contribution in [2.45, 2.75) is 13.3 Å². The third-order valence-corrected chi connectivity index (χ3v) is 2.91. The van der Waals surface area contributed by atoms with Crippen molar-refractivity contribution in [1.29, 1.82) is 0 Å². The van der Waals surface area contributed by atoms with Crippen molar-refractivity contribution < 1.29 is 4.79 Å². The van der Waals surface area contributed by atoms with E-state index in [1.54, 1.807) is 16.6 Å². The molecule has 0 aliphatic rings. The minimum atomic E-state index is -0.00347. The van der Waals surface area contributed by atoms with Crippen LogP contribution < -0.4 is 5.73 Å². The molecule has 82 valence electrons. The monoisotopic (exact) mass is 243 g/mol. The van der Waals surface area contributed by atoms with E-state index in [9.17, 15) is 4.79 Å². The van der Waals surface area contributed by atoms with Crippen LogP contribution in [0.4, 0.5) is 0 Å². The summed E-state index contributed by atoms with van der Waals surface area (Å²) in [5, 5.41) is 0. The molecular weight excluding hydrogens is 230 g/mol. The maximum Gasteiger partial charge on any atom is 0.265 e. The molecule has 0 radical (unpaired) electrons. The SMILES string of the molecule is CCN(CCC(N)=S)C(=O)c1cncs1. The predicted molar refractivity (Wildman–Crippen MR) is 65.1 cm³/mol. The van der Waals surface area contributed by atoms with E-state index in [-0.39, 0.29) is 5.91 Å². The van der Waals surface area contributed by atoms with Crippen LogP contribution in [0.2, 0.25) is 0 Å². The van der Waals surface area contributed by atoms with E-state index in [1.807, 2.05) is 6.92 Å². The van der Waals surface area contributed by atoms with Crippen LogP contribution in [0.1, 0.15) is 23.0 Å². The molecule has 0 aliphatic carbocycles. The van der Waals surface area contributed by atoms with E-state index in [1.165, 1.54) is 11.3 Å². The molecule has 1 heterocycles. The van der Waals surface area contributed by atoms with Gasteiger partial charge in [0.15, 0.2) is 0 Å². The zero-order valence-electron chi connectivity index (χ0n) is 8.47. The molecule has 0 aromatic carbocycles. The van der Waals surface area contributed by atoms with E-state index in [0.29, 0.717) is 29.4 Å². The highest BCUT2D eigenvalue weighted by atomic mass is 32.1. The van der Waals surface area contributed by atoms with Gasteiger partial charge >= 0.3 is 0 Å². The first-order chi connectivity index (χ1) is 7.15. The summed E-state index contributed by atoms with van der Waals surface area (Å²) in [4.78, 5) is 18.5. The molecule has 4 nitrogen and oxygen atoms in total. The summed E-state index contributed by atoms with van der Waals surface area (Å²) in [6.07, 6.45) is 2.14. The fraction of sp³-hybridized carbons (Fsp3) is 0.444. The molecule has 0 atom stereocenters. The average Bonchev–Trinajstić information content (AvgIpc) is 2.70. The topological polar surface area (TPSA) is 59.2 Å². The Hall–Kier alpha value is -1.01. The second-order valence-electron chi connectivity index (χ2n) is 2.97. The van der Waals surface area contributed by atoms with Crippen molar-refractivity contribution >= 4 is 34.5 Å². The van der Waals surface area contributed by atoms with Crippen molar-refractivity contribution in [2.24, 2.45) is 5.73 Å². The van der Waals surface area contributed by atoms with Crippen LogP contribution in [-0.4, -0.2) is 33.9 Å². The first kappa shape index (κ1) is 12.1. The lowest BCUT2D eigenvalue weighted by atomic mass is 10.3. The number of aromatic nitrogens is 1. The van der Waals surface area contributed by atoms with E-state index in [4.69, 9.17) is 18.0 Å². The number of nitrogens with two attached hydrogens (primary N) is 1. The molecule has 0 aliphatic heterocycles. The summed E-state index contributed by atoms with van der Waals surface area (Å²) in [5.41, 5.74) is 7.05. The normalized spacial score (nSPS) is 9.93. The second-order valence-corrected chi connectivity index (χ2v) is 4.38. The van der Waals surface area contributed by atoms with Crippen molar-refractivity contribution in [2.75, 3.05) is 13.1 Å². The Balaban J connectivity index is 2.59. The van der Waals surface area contributed by atoms with Crippen molar-refractivity contribution in [1.82, 2.24) is 9.88 Å². The quantitative estimate of drug-likeness (QED) is 0.791. The van der Waals surface area contributed by atoms with Crippen molar-refractivity contribution in [3.8, 4) is 0 Å². The van der Waals surface area contributed by atoms with Gasteiger partial charge in [0.25, 0.3) is 5.91 Å². The summed E-state index contributed by atoms with van der Waals surface area (Å²) in [6.45, 7) is 3.15. The van der Waals surface area contributed by atoms with Crippen molar-refractivity contribution in [3.63, 3.8) is 0 Å². The van der Waals surface area contributed by atoms with Gasteiger partial charge in [-0.25, -0.2) is 0 Å². The zero-order valence-corrected chi connectivity index (χ0v) is 10.1. The molecule has 0 fully saturated rings. The Bertz CT molecular complexity index is 337. The van der Waals surface area contributed by atoms with Gasteiger partial charge in [-0.1, -0.05) is 12.2 Å². The molecule has 0 unspecified atom stereocenters. The molecule has 1 amide bonds. The standard InChI is InChI=1S/C9H13N3OS2/c1-2-12(4-3-8(10)14)9(13)7-5-11-6-15-7/h5-6H,2-4H2,1H3,(H2,10,14). The van der Waals surface area contributed by atoms with Crippen LogP contribution in [0.3, 0.4) is 0 Å². The van der Waals surface area contributed by atoms with Gasteiger partial charge in [0.2, 0.25) is 0 Å². The predicted octanol–water partition coefficient (Wildman–Crippen LogP) is 1.28. The highest BCUT2D eigenvalue weighted by molar-refractivity contribution is 7.80. The van der Waals surface area contributed by atoms with Crippen LogP contribution >= 0.6 is 23.6 Å². The summed E-state index contributed by atoms with van der Waals surface area (Å²) in [7, 11) is 0. The van der Waals surface area contributed by atoms with Gasteiger partial charge in [0, 0.05) is 19.5 Å². The number of thiazole rings is 1. The fourth-order valence-electron chi connectivity index (χ4n) is 1.13. The highest BCUT2D eigenvalue weighted by Crippen LogP contribution is 2.09. The van der Waals surface area contributed by atoms with E-state index in [0.717, 1.165) is 0 Å². The van der Waals surface area contributed by atoms with Crippen LogP contribution in [0.5, 0.6) is 0 Å². The number of amides is 1. The number of nitrogens with zero attached hydrogens (tertiary/aromatic N) is 2. The minimum absolute atomic E-state index is 0.00347. The summed E-state index contributed by atoms with van der Waals surface area (Å²) < 4.78 is 0. The third kappa shape index (κ3) is 3.56. The molecule has 1 aromatic heterocycles. The average molecular weight is 243 g/mol. The molecule has 1 rings (SSSR count). The lowest BCUT2D eigenvalue weighted by molar-refractivity contribution is 0.0773. The third-order valence-electron chi connectivity index (χ3n) is 1.94. The van der Waals surface area contributed by atoms with Gasteiger partial charge in [-0.3, -0.25) is 9.78 Å². The molecule has 0 spiro atoms. The summed E-state index contributed by atoms with van der Waals surface area (Å²) in [6, 6.07) is 0. The molecule has 1 aromatic rings. The van der Waals surface area contributed by atoms with Crippen LogP contribution in [0, 0.1) is 0 Å². The van der Waals surface area contributed by atoms with Crippen molar-refractivity contribution in [3.05, 3.63) is 16.6 Å². The fourth-order valence-corrected chi connectivity index (χ4v) is 1.80.